The van der Waals surface area contributed by atoms with Crippen LogP contribution in [0.2, 0.25) is 0 Å². The van der Waals surface area contributed by atoms with Gasteiger partial charge in [-0.1, -0.05) is 0 Å². The van der Waals surface area contributed by atoms with E-state index in [4.69, 9.17) is 4.42 Å². The summed E-state index contributed by atoms with van der Waals surface area (Å²) in [6.45, 7) is 4.17. The summed E-state index contributed by atoms with van der Waals surface area (Å²) in [6.07, 6.45) is 7.62. The average Bonchev–Trinajstić information content (AvgIpc) is 3.22. The minimum Gasteiger partial charge on any atom is -0.467 e. The second kappa shape index (κ2) is 6.79. The molecule has 6 heteroatoms. The lowest BCUT2D eigenvalue weighted by molar-refractivity contribution is -0.123. The average molecular weight is 302 g/mol. The molecule has 3 rings (SSSR count). The fourth-order valence-electron chi connectivity index (χ4n) is 3.01. The van der Waals surface area contributed by atoms with Crippen LogP contribution in [0, 0.1) is 0 Å². The summed E-state index contributed by atoms with van der Waals surface area (Å²) >= 11 is 0. The first-order chi connectivity index (χ1) is 10.7. The van der Waals surface area contributed by atoms with Crippen LogP contribution in [0.1, 0.15) is 31.6 Å². The summed E-state index contributed by atoms with van der Waals surface area (Å²) in [4.78, 5) is 14.5. The molecule has 0 bridgehead atoms. The number of nitrogens with one attached hydrogen (secondary N) is 1. The summed E-state index contributed by atoms with van der Waals surface area (Å²) in [6, 6.07) is 5.91. The van der Waals surface area contributed by atoms with Crippen LogP contribution in [-0.2, 0) is 11.3 Å². The van der Waals surface area contributed by atoms with Crippen molar-refractivity contribution in [2.24, 2.45) is 0 Å². The van der Waals surface area contributed by atoms with Crippen molar-refractivity contribution in [2.75, 3.05) is 13.1 Å². The molecule has 118 valence electrons. The highest BCUT2D eigenvalue weighted by Gasteiger charge is 2.27. The van der Waals surface area contributed by atoms with E-state index in [1.165, 1.54) is 0 Å². The van der Waals surface area contributed by atoms with Crippen LogP contribution in [-0.4, -0.2) is 39.7 Å². The normalized spacial score (nSPS) is 20.1. The van der Waals surface area contributed by atoms with E-state index in [-0.39, 0.29) is 11.9 Å². The summed E-state index contributed by atoms with van der Waals surface area (Å²) in [5, 5.41) is 7.24. The van der Waals surface area contributed by atoms with Crippen molar-refractivity contribution in [3.63, 3.8) is 0 Å². The molecular formula is C16H22N4O2. The zero-order valence-electron chi connectivity index (χ0n) is 12.8. The molecule has 2 unspecified atom stereocenters. The maximum absolute atomic E-state index is 12.2. The number of hydrogen-bond acceptors (Lipinski definition) is 4. The summed E-state index contributed by atoms with van der Waals surface area (Å²) in [5.41, 5.74) is 0. The maximum Gasteiger partial charge on any atom is 0.234 e. The minimum absolute atomic E-state index is 0.0382. The third kappa shape index (κ3) is 3.57. The van der Waals surface area contributed by atoms with E-state index >= 15 is 0 Å². The zero-order valence-corrected chi connectivity index (χ0v) is 12.8. The van der Waals surface area contributed by atoms with E-state index < -0.39 is 0 Å². The molecule has 1 amide bonds. The number of nitrogens with zero attached hydrogens (tertiary/aromatic N) is 3. The number of furan rings is 1. The Labute approximate surface area is 130 Å². The molecule has 0 saturated carbocycles. The van der Waals surface area contributed by atoms with Crippen molar-refractivity contribution in [3.8, 4) is 0 Å². The number of carbonyl (C=O) groups excluding carboxylic acids is 1. The summed E-state index contributed by atoms with van der Waals surface area (Å²) in [7, 11) is 0. The number of rotatable bonds is 6. The number of hydrogen-bond donors (Lipinski definition) is 1. The van der Waals surface area contributed by atoms with Crippen LogP contribution in [0.4, 0.5) is 0 Å². The molecule has 2 aromatic heterocycles. The fourth-order valence-corrected chi connectivity index (χ4v) is 3.01. The van der Waals surface area contributed by atoms with Gasteiger partial charge in [0.1, 0.15) is 5.76 Å². The Morgan fingerprint density at radius 2 is 2.45 bits per heavy atom. The highest BCUT2D eigenvalue weighted by atomic mass is 16.3. The molecule has 1 aliphatic heterocycles. The third-order valence-electron chi connectivity index (χ3n) is 4.15. The molecule has 0 aromatic carbocycles. The molecule has 2 aromatic rings. The SMILES string of the molecule is CC(NC(=O)CN1CCCC1Cn1cccn1)c1ccco1. The van der Waals surface area contributed by atoms with Gasteiger partial charge < -0.3 is 9.73 Å². The Bertz CT molecular complexity index is 579. The second-order valence-corrected chi connectivity index (χ2v) is 5.80. The van der Waals surface area contributed by atoms with E-state index in [9.17, 15) is 4.79 Å². The Morgan fingerprint density at radius 1 is 1.55 bits per heavy atom. The lowest BCUT2D eigenvalue weighted by atomic mass is 10.2. The molecule has 0 spiro atoms. The van der Waals surface area contributed by atoms with E-state index in [0.29, 0.717) is 12.6 Å². The Balaban J connectivity index is 1.51. The molecule has 1 fully saturated rings. The van der Waals surface area contributed by atoms with Crippen molar-refractivity contribution >= 4 is 5.91 Å². The van der Waals surface area contributed by atoms with E-state index in [1.54, 1.807) is 12.5 Å². The van der Waals surface area contributed by atoms with Crippen LogP contribution in [0.15, 0.2) is 41.3 Å². The van der Waals surface area contributed by atoms with Crippen LogP contribution in [0.25, 0.3) is 0 Å². The van der Waals surface area contributed by atoms with Gasteiger partial charge in [0.25, 0.3) is 0 Å². The lowest BCUT2D eigenvalue weighted by Crippen LogP contribution is -2.42. The monoisotopic (exact) mass is 302 g/mol. The smallest absolute Gasteiger partial charge is 0.234 e. The molecular weight excluding hydrogens is 280 g/mol. The van der Waals surface area contributed by atoms with Crippen LogP contribution in [0.3, 0.4) is 0 Å². The Morgan fingerprint density at radius 3 is 3.18 bits per heavy atom. The van der Waals surface area contributed by atoms with Gasteiger partial charge in [0, 0.05) is 18.4 Å². The first kappa shape index (κ1) is 14.8. The standard InChI is InChI=1S/C16H22N4O2/c1-13(15-6-3-10-22-15)18-16(21)12-19-8-2-5-14(19)11-20-9-4-7-17-20/h3-4,6-7,9-10,13-14H,2,5,8,11-12H2,1H3,(H,18,21). The fraction of sp³-hybridized carbons (Fsp3) is 0.500. The molecule has 3 heterocycles. The van der Waals surface area contributed by atoms with Crippen molar-refractivity contribution < 1.29 is 9.21 Å². The predicted octanol–water partition coefficient (Wildman–Crippen LogP) is 1.82. The number of amides is 1. The van der Waals surface area contributed by atoms with Gasteiger partial charge in [-0.3, -0.25) is 14.4 Å². The molecule has 22 heavy (non-hydrogen) atoms. The molecule has 6 nitrogen and oxygen atoms in total. The first-order valence-electron chi connectivity index (χ1n) is 7.76. The Hall–Kier alpha value is -2.08. The lowest BCUT2D eigenvalue weighted by Gasteiger charge is -2.24. The van der Waals surface area contributed by atoms with Gasteiger partial charge in [-0.2, -0.15) is 5.10 Å². The van der Waals surface area contributed by atoms with Gasteiger partial charge in [-0.15, -0.1) is 0 Å². The third-order valence-corrected chi connectivity index (χ3v) is 4.15. The van der Waals surface area contributed by atoms with Gasteiger partial charge in [0.05, 0.1) is 25.4 Å². The van der Waals surface area contributed by atoms with Crippen LogP contribution < -0.4 is 5.32 Å². The van der Waals surface area contributed by atoms with Crippen molar-refractivity contribution in [2.45, 2.75) is 38.4 Å². The van der Waals surface area contributed by atoms with E-state index in [2.05, 4.69) is 15.3 Å². The van der Waals surface area contributed by atoms with Gasteiger partial charge in [-0.25, -0.2) is 0 Å². The molecule has 1 N–H and O–H groups in total. The molecule has 0 aliphatic carbocycles. The van der Waals surface area contributed by atoms with Gasteiger partial charge in [0.15, 0.2) is 0 Å². The highest BCUT2D eigenvalue weighted by molar-refractivity contribution is 5.78. The number of likely N-dealkylation sites (tertiary alicyclic amines) is 1. The van der Waals surface area contributed by atoms with Crippen LogP contribution in [0.5, 0.6) is 0 Å². The first-order valence-corrected chi connectivity index (χ1v) is 7.76. The van der Waals surface area contributed by atoms with Crippen molar-refractivity contribution in [1.29, 1.82) is 0 Å². The molecule has 1 saturated heterocycles. The van der Waals surface area contributed by atoms with Crippen molar-refractivity contribution in [1.82, 2.24) is 20.0 Å². The predicted molar refractivity (Wildman–Crippen MR) is 82.1 cm³/mol. The van der Waals surface area contributed by atoms with E-state index in [0.717, 1.165) is 31.7 Å². The van der Waals surface area contributed by atoms with Gasteiger partial charge >= 0.3 is 0 Å². The zero-order chi connectivity index (χ0) is 15.4. The van der Waals surface area contributed by atoms with Gasteiger partial charge in [-0.05, 0) is 44.5 Å². The molecule has 0 radical (unpaired) electrons. The largest absolute Gasteiger partial charge is 0.467 e. The Kier molecular flexibility index (Phi) is 4.58. The highest BCUT2D eigenvalue weighted by Crippen LogP contribution is 2.18. The molecule has 2 atom stereocenters. The number of carbonyl (C=O) groups is 1. The van der Waals surface area contributed by atoms with E-state index in [1.807, 2.05) is 36.0 Å². The van der Waals surface area contributed by atoms with Crippen molar-refractivity contribution in [3.05, 3.63) is 42.6 Å². The quantitative estimate of drug-likeness (QED) is 0.884. The number of aromatic nitrogens is 2. The topological polar surface area (TPSA) is 63.3 Å². The summed E-state index contributed by atoms with van der Waals surface area (Å²) in [5.74, 6) is 0.819. The summed E-state index contributed by atoms with van der Waals surface area (Å²) < 4.78 is 7.25. The maximum atomic E-state index is 12.2. The minimum atomic E-state index is -0.102. The van der Waals surface area contributed by atoms with Crippen LogP contribution >= 0.6 is 0 Å². The second-order valence-electron chi connectivity index (χ2n) is 5.80. The molecule has 1 aliphatic rings. The van der Waals surface area contributed by atoms with Gasteiger partial charge in [0.2, 0.25) is 5.91 Å².